The maximum Gasteiger partial charge on any atom is 0.573 e. The number of aromatic nitrogens is 2. The Kier molecular flexibility index (Phi) is 19.2. The van der Waals surface area contributed by atoms with E-state index in [1.807, 2.05) is 39.3 Å². The Morgan fingerprint density at radius 1 is 1.08 bits per heavy atom. The van der Waals surface area contributed by atoms with Crippen molar-refractivity contribution in [3.63, 3.8) is 0 Å². The molecule has 15 nitrogen and oxygen atoms in total. The summed E-state index contributed by atoms with van der Waals surface area (Å²) in [7, 11) is 1.87. The van der Waals surface area contributed by atoms with E-state index in [9.17, 15) is 42.4 Å². The minimum Gasteiger partial charge on any atom is -0.405 e. The van der Waals surface area contributed by atoms with E-state index < -0.39 is 30.1 Å². The van der Waals surface area contributed by atoms with Gasteiger partial charge in [0, 0.05) is 82.0 Å². The Morgan fingerprint density at radius 2 is 1.79 bits per heavy atom. The van der Waals surface area contributed by atoms with Gasteiger partial charge in [0.2, 0.25) is 17.8 Å². The number of likely N-dealkylation sites (tertiary alicyclic amines) is 1. The van der Waals surface area contributed by atoms with E-state index in [1.165, 1.54) is 30.3 Å². The molecule has 3 heterocycles. The van der Waals surface area contributed by atoms with E-state index in [0.717, 1.165) is 49.5 Å². The van der Waals surface area contributed by atoms with Gasteiger partial charge in [-0.25, -0.2) is 4.98 Å². The largest absolute Gasteiger partial charge is 0.573 e. The third-order valence-electron chi connectivity index (χ3n) is 12.1. The number of fused-ring (bicyclic) bond motifs is 2. The van der Waals surface area contributed by atoms with Gasteiger partial charge in [-0.05, 0) is 62.3 Å². The van der Waals surface area contributed by atoms with Gasteiger partial charge in [0.1, 0.15) is 36.3 Å². The second-order valence-corrected chi connectivity index (χ2v) is 17.8. The van der Waals surface area contributed by atoms with Gasteiger partial charge in [-0.1, -0.05) is 44.0 Å². The van der Waals surface area contributed by atoms with Crippen LogP contribution < -0.4 is 26.0 Å². The number of benzene rings is 1. The Hall–Kier alpha value is -5.02. The first-order valence-electron chi connectivity index (χ1n) is 21.9. The fourth-order valence-corrected chi connectivity index (χ4v) is 9.23. The van der Waals surface area contributed by atoms with Gasteiger partial charge in [-0.15, -0.1) is 13.2 Å². The first-order chi connectivity index (χ1) is 30.8. The van der Waals surface area contributed by atoms with E-state index >= 15 is 0 Å². The molecule has 1 aromatic heterocycles. The van der Waals surface area contributed by atoms with Crippen LogP contribution in [0.2, 0.25) is 0 Å². The number of hydrogen-bond acceptors (Lipinski definition) is 11. The van der Waals surface area contributed by atoms with Gasteiger partial charge in [-0.3, -0.25) is 44.7 Å². The first kappa shape index (κ1) is 53.6. The fraction of sp³-hybridized carbons (Fsp3) is 0.511. The molecule has 1 aromatic carbocycles. The number of carbonyl (C=O) groups excluding carboxylic acids is 5. The first-order valence-corrected chi connectivity index (χ1v) is 21.9. The van der Waals surface area contributed by atoms with Crippen molar-refractivity contribution in [2.24, 2.45) is 17.3 Å². The predicted octanol–water partition coefficient (Wildman–Crippen LogP) is 6.33. The second-order valence-electron chi connectivity index (χ2n) is 17.8. The SMILES string of the molecule is C/C=C1/C(=O)N(C2CCC(=O)NC2=O)C(=O)/C1=C/C=[N+](C)C[C-](C)C.CCC1CC2(CNc3nc(NCc4ccccc4OC(F)(F)F)ncc3C#N)CCC(C2)C1NC(=O)C[C-](C)C.[Y]. The average molecular weight is 992 g/mol. The Morgan fingerprint density at radius 3 is 2.42 bits per heavy atom. The number of halogens is 3. The number of imide groups is 2. The van der Waals surface area contributed by atoms with Crippen molar-refractivity contribution in [1.82, 2.24) is 25.5 Å². The van der Waals surface area contributed by atoms with Crippen molar-refractivity contribution in [1.29, 1.82) is 5.26 Å². The van der Waals surface area contributed by atoms with Crippen LogP contribution in [0.5, 0.6) is 5.75 Å². The van der Waals surface area contributed by atoms with Crippen LogP contribution in [0.25, 0.3) is 0 Å². The molecule has 2 aliphatic heterocycles. The zero-order valence-electron chi connectivity index (χ0n) is 38.6. The number of nitriles is 1. The third-order valence-corrected chi connectivity index (χ3v) is 12.1. The fourth-order valence-electron chi connectivity index (χ4n) is 9.23. The van der Waals surface area contributed by atoms with E-state index in [1.54, 1.807) is 31.4 Å². The van der Waals surface area contributed by atoms with Gasteiger partial charge < -0.3 is 26.6 Å². The van der Waals surface area contributed by atoms with Gasteiger partial charge in [0.15, 0.2) is 12.1 Å². The van der Waals surface area contributed by atoms with Crippen molar-refractivity contribution in [3.05, 3.63) is 76.7 Å². The summed E-state index contributed by atoms with van der Waals surface area (Å²) in [5.74, 6) is 1.46. The molecule has 4 N–H and O–H groups in total. The van der Waals surface area contributed by atoms with Crippen LogP contribution in [-0.4, -0.2) is 93.8 Å². The number of piperidine rings is 1. The average Bonchev–Trinajstić information content (AvgIpc) is 3.71. The summed E-state index contributed by atoms with van der Waals surface area (Å²) in [6.45, 7) is 13.2. The van der Waals surface area contributed by atoms with Crippen LogP contribution in [0.1, 0.15) is 104 Å². The normalized spacial score (nSPS) is 24.2. The van der Waals surface area contributed by atoms with Crippen LogP contribution in [-0.2, 0) is 63.2 Å². The number of carbonyl (C=O) groups is 5. The summed E-state index contributed by atoms with van der Waals surface area (Å²) in [5, 5.41) is 21.5. The van der Waals surface area contributed by atoms with E-state index in [2.05, 4.69) is 49.0 Å². The summed E-state index contributed by atoms with van der Waals surface area (Å²) in [6, 6.07) is 7.21. The summed E-state index contributed by atoms with van der Waals surface area (Å²) in [6.07, 6.45) is 7.24. The summed E-state index contributed by atoms with van der Waals surface area (Å²) < 4.78 is 44.3. The molecule has 19 heteroatoms. The molecule has 5 unspecified atom stereocenters. The second kappa shape index (κ2) is 23.6. The van der Waals surface area contributed by atoms with E-state index in [-0.39, 0.29) is 104 Å². The van der Waals surface area contributed by atoms with Gasteiger partial charge in [0.25, 0.3) is 11.8 Å². The molecule has 5 amide bonds. The molecule has 4 fully saturated rings. The van der Waals surface area contributed by atoms with E-state index in [0.29, 0.717) is 36.2 Å². The van der Waals surface area contributed by atoms with Crippen LogP contribution in [0, 0.1) is 40.4 Å². The van der Waals surface area contributed by atoms with Crippen LogP contribution in [0.15, 0.2) is 53.8 Å². The van der Waals surface area contributed by atoms with Crippen LogP contribution in [0.4, 0.5) is 24.9 Å². The predicted molar refractivity (Wildman–Crippen MR) is 237 cm³/mol. The molecule has 353 valence electrons. The Labute approximate surface area is 409 Å². The third kappa shape index (κ3) is 14.0. The molecule has 2 bridgehead atoms. The number of nitrogens with one attached hydrogen (secondary N) is 4. The smallest absolute Gasteiger partial charge is 0.405 e. The molecule has 2 aliphatic carbocycles. The zero-order chi connectivity index (χ0) is 47.6. The van der Waals surface area contributed by atoms with Gasteiger partial charge >= 0.3 is 6.36 Å². The number of alkyl halides is 3. The van der Waals surface area contributed by atoms with Crippen LogP contribution >= 0.6 is 0 Å². The topological polar surface area (TPSA) is 199 Å². The van der Waals surface area contributed by atoms with Crippen molar-refractivity contribution >= 4 is 47.5 Å². The summed E-state index contributed by atoms with van der Waals surface area (Å²) >= 11 is 0. The van der Waals surface area contributed by atoms with Crippen molar-refractivity contribution in [3.8, 4) is 11.8 Å². The maximum atomic E-state index is 12.8. The number of rotatable bonds is 15. The molecule has 2 saturated carbocycles. The standard InChI is InChI=1S/C29H36F3N6O2.C18H23N3O4.Y/c1-4-19-12-28(10-9-20(13-28)25(19)37-24(39)11-18(2)3)17-36-26-22(14-33)16-35-27(38-26)34-15-21-7-5-6-8-23(21)40-29(30,31)32;1-5-12-13(8-9-20(4)10-11(2)3)18(25)21(17(12)24)14-6-7-15(22)19-16(14)23;/h5-8,16,19-20,25H,4,9-13,15,17H2,1-3H3,(H,37,39)(H2,34,35,36,38);5,8-9,14H,6-7,10H2,1-4H3,(H,19,22,23);/q-1;;/b;12-5+,13-8+,20-9?;. The van der Waals surface area contributed by atoms with Crippen molar-refractivity contribution in [2.45, 2.75) is 118 Å². The number of hydrogen-bond donors (Lipinski definition) is 4. The molecular formula is C47H59F3N9O6Y-. The molecule has 6 rings (SSSR count). The maximum absolute atomic E-state index is 12.8. The molecule has 66 heavy (non-hydrogen) atoms. The van der Waals surface area contributed by atoms with E-state index in [4.69, 9.17) is 0 Å². The zero-order valence-corrected chi connectivity index (χ0v) is 41.4. The quantitative estimate of drug-likeness (QED) is 0.0511. The number of nitrogens with zero attached hydrogens (tertiary/aromatic N) is 5. The number of ether oxygens (including phenoxy) is 1. The molecular weight excluding hydrogens is 932 g/mol. The van der Waals surface area contributed by atoms with Gasteiger partial charge in [0.05, 0.1) is 11.8 Å². The monoisotopic (exact) mass is 991 g/mol. The molecule has 2 saturated heterocycles. The van der Waals surface area contributed by atoms with Crippen molar-refractivity contribution < 1.29 is 79.2 Å². The Balaban J connectivity index is 0.000000316. The van der Waals surface area contributed by atoms with Crippen LogP contribution in [0.3, 0.4) is 0 Å². The molecule has 2 aromatic rings. The summed E-state index contributed by atoms with van der Waals surface area (Å²) in [5.41, 5.74) is 1.16. The molecule has 4 aliphatic rings. The summed E-state index contributed by atoms with van der Waals surface area (Å²) in [4.78, 5) is 70.8. The molecule has 0 spiro atoms. The number of para-hydroxylation sites is 1. The number of allylic oxidation sites excluding steroid dienone is 2. The number of amides is 5. The molecule has 1 radical (unpaired) electrons. The number of anilines is 2. The Bertz CT molecular complexity index is 2260. The van der Waals surface area contributed by atoms with Crippen molar-refractivity contribution in [2.75, 3.05) is 30.8 Å². The van der Waals surface area contributed by atoms with Gasteiger partial charge in [-0.2, -0.15) is 37.9 Å². The molecule has 5 atom stereocenters. The minimum atomic E-state index is -4.80. The minimum absolute atomic E-state index is 0.